The normalized spacial score (nSPS) is 20.7. The second kappa shape index (κ2) is 8.32. The molecule has 0 bridgehead atoms. The van der Waals surface area contributed by atoms with E-state index in [2.05, 4.69) is 36.2 Å². The molecular weight excluding hydrogens is 326 g/mol. The van der Waals surface area contributed by atoms with E-state index in [1.54, 1.807) is 12.1 Å². The van der Waals surface area contributed by atoms with Crippen LogP contribution in [0.3, 0.4) is 0 Å². The summed E-state index contributed by atoms with van der Waals surface area (Å²) in [5.74, 6) is 1.16. The molecule has 0 radical (unpaired) electrons. The predicted molar refractivity (Wildman–Crippen MR) is 101 cm³/mol. The van der Waals surface area contributed by atoms with Crippen LogP contribution in [-0.4, -0.2) is 23.9 Å². The molecule has 1 N–H and O–H groups in total. The van der Waals surface area contributed by atoms with Gasteiger partial charge in [-0.1, -0.05) is 38.1 Å². The van der Waals surface area contributed by atoms with Crippen LogP contribution in [-0.2, 0) is 13.1 Å². The SMILES string of the molecule is CC1CC(C)CN(Cc2ccc(CNC(=O)c3cccc[n+]3[O-])cc2)C1. The number of rotatable bonds is 5. The van der Waals surface area contributed by atoms with E-state index in [4.69, 9.17) is 0 Å². The highest BCUT2D eigenvalue weighted by Crippen LogP contribution is 2.22. The van der Waals surface area contributed by atoms with Gasteiger partial charge in [-0.25, -0.2) is 0 Å². The van der Waals surface area contributed by atoms with E-state index in [1.807, 2.05) is 12.1 Å². The lowest BCUT2D eigenvalue weighted by atomic mass is 9.91. The van der Waals surface area contributed by atoms with Crippen LogP contribution in [0.25, 0.3) is 0 Å². The smallest absolute Gasteiger partial charge is 0.317 e. The molecule has 138 valence electrons. The molecule has 2 atom stereocenters. The number of hydrogen-bond acceptors (Lipinski definition) is 3. The third-order valence-electron chi connectivity index (χ3n) is 4.88. The first-order valence-electron chi connectivity index (χ1n) is 9.28. The predicted octanol–water partition coefficient (Wildman–Crippen LogP) is 2.73. The Bertz CT molecular complexity index is 735. The van der Waals surface area contributed by atoms with Gasteiger partial charge in [0.05, 0.1) is 0 Å². The molecule has 1 saturated heterocycles. The van der Waals surface area contributed by atoms with Crippen molar-refractivity contribution in [3.05, 3.63) is 70.7 Å². The minimum atomic E-state index is -0.360. The molecule has 5 nitrogen and oxygen atoms in total. The van der Waals surface area contributed by atoms with Gasteiger partial charge in [-0.15, -0.1) is 0 Å². The van der Waals surface area contributed by atoms with Crippen molar-refractivity contribution in [3.63, 3.8) is 0 Å². The van der Waals surface area contributed by atoms with Gasteiger partial charge in [0.25, 0.3) is 5.69 Å². The lowest BCUT2D eigenvalue weighted by molar-refractivity contribution is -0.607. The largest absolute Gasteiger partial charge is 0.618 e. The van der Waals surface area contributed by atoms with Gasteiger partial charge in [0.2, 0.25) is 0 Å². The van der Waals surface area contributed by atoms with Crippen LogP contribution in [0.2, 0.25) is 0 Å². The molecule has 0 aliphatic carbocycles. The number of benzene rings is 1. The van der Waals surface area contributed by atoms with E-state index in [0.29, 0.717) is 11.3 Å². The summed E-state index contributed by atoms with van der Waals surface area (Å²) in [6, 6.07) is 13.1. The van der Waals surface area contributed by atoms with Crippen LogP contribution in [0.4, 0.5) is 0 Å². The quantitative estimate of drug-likeness (QED) is 0.664. The Balaban J connectivity index is 1.53. The van der Waals surface area contributed by atoms with Gasteiger partial charge in [-0.2, -0.15) is 4.73 Å². The van der Waals surface area contributed by atoms with Crippen molar-refractivity contribution < 1.29 is 9.52 Å². The van der Waals surface area contributed by atoms with Crippen molar-refractivity contribution >= 4 is 5.91 Å². The minimum absolute atomic E-state index is 0.109. The Morgan fingerprint density at radius 2 is 1.77 bits per heavy atom. The number of aromatic nitrogens is 1. The van der Waals surface area contributed by atoms with Crippen molar-refractivity contribution in [1.29, 1.82) is 0 Å². The molecule has 2 heterocycles. The summed E-state index contributed by atoms with van der Waals surface area (Å²) in [4.78, 5) is 14.6. The summed E-state index contributed by atoms with van der Waals surface area (Å²) in [7, 11) is 0. The molecule has 1 aliphatic rings. The van der Waals surface area contributed by atoms with Crippen LogP contribution in [0.15, 0.2) is 48.7 Å². The highest BCUT2D eigenvalue weighted by Gasteiger charge is 2.21. The van der Waals surface area contributed by atoms with Crippen molar-refractivity contribution in [2.45, 2.75) is 33.4 Å². The fourth-order valence-electron chi connectivity index (χ4n) is 3.82. The van der Waals surface area contributed by atoms with E-state index >= 15 is 0 Å². The Hall–Kier alpha value is -2.40. The Labute approximate surface area is 155 Å². The lowest BCUT2D eigenvalue weighted by Gasteiger charge is -2.35. The van der Waals surface area contributed by atoms with Gasteiger partial charge in [-0.05, 0) is 35.4 Å². The third kappa shape index (κ3) is 4.82. The first-order chi connectivity index (χ1) is 12.5. The number of pyridine rings is 1. The zero-order chi connectivity index (χ0) is 18.5. The molecule has 1 fully saturated rings. The molecule has 5 heteroatoms. The van der Waals surface area contributed by atoms with Crippen molar-refractivity contribution in [2.75, 3.05) is 13.1 Å². The number of hydrogen-bond donors (Lipinski definition) is 1. The van der Waals surface area contributed by atoms with Gasteiger partial charge in [-0.3, -0.25) is 9.69 Å². The first kappa shape index (κ1) is 18.4. The van der Waals surface area contributed by atoms with E-state index in [0.717, 1.165) is 37.0 Å². The van der Waals surface area contributed by atoms with Gasteiger partial charge in [0, 0.05) is 38.3 Å². The van der Waals surface area contributed by atoms with E-state index in [-0.39, 0.29) is 11.6 Å². The monoisotopic (exact) mass is 353 g/mol. The van der Waals surface area contributed by atoms with Crippen molar-refractivity contribution in [3.8, 4) is 0 Å². The lowest BCUT2D eigenvalue weighted by Crippen LogP contribution is -2.38. The summed E-state index contributed by atoms with van der Waals surface area (Å²) < 4.78 is 0.582. The van der Waals surface area contributed by atoms with Crippen LogP contribution >= 0.6 is 0 Å². The molecule has 2 aromatic rings. The van der Waals surface area contributed by atoms with Crippen molar-refractivity contribution in [1.82, 2.24) is 10.2 Å². The average Bonchev–Trinajstić information content (AvgIpc) is 2.60. The number of piperidine rings is 1. The molecule has 0 spiro atoms. The van der Waals surface area contributed by atoms with E-state index < -0.39 is 0 Å². The maximum atomic E-state index is 12.1. The number of carbonyl (C=O) groups is 1. The molecule has 3 rings (SSSR count). The van der Waals surface area contributed by atoms with E-state index in [1.165, 1.54) is 24.2 Å². The molecule has 26 heavy (non-hydrogen) atoms. The number of amides is 1. The maximum absolute atomic E-state index is 12.1. The molecule has 1 aromatic heterocycles. The molecule has 1 amide bonds. The summed E-state index contributed by atoms with van der Waals surface area (Å²) in [6.45, 7) is 8.36. The summed E-state index contributed by atoms with van der Waals surface area (Å²) in [5.41, 5.74) is 2.43. The summed E-state index contributed by atoms with van der Waals surface area (Å²) in [6.07, 6.45) is 2.64. The maximum Gasteiger partial charge on any atom is 0.317 e. The molecule has 0 saturated carbocycles. The second-order valence-corrected chi connectivity index (χ2v) is 7.55. The highest BCUT2D eigenvalue weighted by molar-refractivity contribution is 5.90. The fraction of sp³-hybridized carbons (Fsp3) is 0.429. The summed E-state index contributed by atoms with van der Waals surface area (Å²) in [5, 5.41) is 14.4. The number of nitrogens with one attached hydrogen (secondary N) is 1. The van der Waals surface area contributed by atoms with Gasteiger partial charge < -0.3 is 10.5 Å². The Morgan fingerprint density at radius 1 is 1.12 bits per heavy atom. The topological polar surface area (TPSA) is 59.3 Å². The average molecular weight is 353 g/mol. The van der Waals surface area contributed by atoms with Crippen LogP contribution < -0.4 is 10.0 Å². The first-order valence-corrected chi connectivity index (χ1v) is 9.28. The van der Waals surface area contributed by atoms with E-state index in [9.17, 15) is 10.0 Å². The standard InChI is InChI=1S/C21H27N3O2/c1-16-11-17(2)14-23(13-16)15-19-8-6-18(7-9-19)12-22-21(25)20-5-3-4-10-24(20)26/h3-10,16-17H,11-15H2,1-2H3,(H,22,25). The zero-order valence-electron chi connectivity index (χ0n) is 15.5. The fourth-order valence-corrected chi connectivity index (χ4v) is 3.82. The number of nitrogens with zero attached hydrogens (tertiary/aromatic N) is 2. The summed E-state index contributed by atoms with van der Waals surface area (Å²) >= 11 is 0. The van der Waals surface area contributed by atoms with Gasteiger partial charge >= 0.3 is 5.91 Å². The number of carbonyl (C=O) groups excluding carboxylic acids is 1. The van der Waals surface area contributed by atoms with Crippen molar-refractivity contribution in [2.24, 2.45) is 11.8 Å². The van der Waals surface area contributed by atoms with Crippen LogP contribution in [0, 0.1) is 17.0 Å². The molecule has 2 unspecified atom stereocenters. The van der Waals surface area contributed by atoms with Crippen LogP contribution in [0.1, 0.15) is 41.9 Å². The number of likely N-dealkylation sites (tertiary alicyclic amines) is 1. The Kier molecular flexibility index (Phi) is 5.89. The molecular formula is C21H27N3O2. The molecule has 1 aliphatic heterocycles. The highest BCUT2D eigenvalue weighted by atomic mass is 16.5. The van der Waals surface area contributed by atoms with Gasteiger partial charge in [0.1, 0.15) is 0 Å². The van der Waals surface area contributed by atoms with Crippen LogP contribution in [0.5, 0.6) is 0 Å². The van der Waals surface area contributed by atoms with Gasteiger partial charge in [0.15, 0.2) is 6.20 Å². The second-order valence-electron chi connectivity index (χ2n) is 7.55. The molecule has 1 aromatic carbocycles. The Morgan fingerprint density at radius 3 is 2.42 bits per heavy atom. The zero-order valence-corrected chi connectivity index (χ0v) is 15.5. The minimum Gasteiger partial charge on any atom is -0.618 e. The third-order valence-corrected chi connectivity index (χ3v) is 4.88.